The molecule has 0 aliphatic heterocycles. The highest BCUT2D eigenvalue weighted by Crippen LogP contribution is 2.20. The van der Waals surface area contributed by atoms with Gasteiger partial charge in [-0.3, -0.25) is 4.79 Å². The predicted molar refractivity (Wildman–Crippen MR) is 98.1 cm³/mol. The fraction of sp³-hybridized carbons (Fsp3) is 0.0952. The molecule has 3 heteroatoms. The van der Waals surface area contributed by atoms with Crippen molar-refractivity contribution in [2.45, 2.75) is 13.0 Å². The molecule has 0 saturated carbocycles. The van der Waals surface area contributed by atoms with Gasteiger partial charge in [-0.1, -0.05) is 54.6 Å². The summed E-state index contributed by atoms with van der Waals surface area (Å²) in [7, 11) is 0. The van der Waals surface area contributed by atoms with Crippen molar-refractivity contribution in [3.05, 3.63) is 90.1 Å². The number of benzene rings is 3. The van der Waals surface area contributed by atoms with Gasteiger partial charge in [-0.05, 0) is 35.4 Å². The Morgan fingerprint density at radius 3 is 2.62 bits per heavy atom. The van der Waals surface area contributed by atoms with Crippen LogP contribution in [0, 0.1) is 0 Å². The average molecular weight is 317 g/mol. The fourth-order valence-corrected chi connectivity index (χ4v) is 2.63. The number of fused-ring (bicyclic) bond motifs is 1. The Morgan fingerprint density at radius 2 is 1.79 bits per heavy atom. The number of nitrogens with one attached hydrogen (secondary N) is 1. The SMILES string of the molecule is C[C@@H](O)c1cccc(N/C=C/C(=O)c2cccc3ccccc23)c1. The van der Waals surface area contributed by atoms with Crippen LogP contribution in [0.4, 0.5) is 5.69 Å². The molecule has 2 N–H and O–H groups in total. The third kappa shape index (κ3) is 3.53. The van der Waals surface area contributed by atoms with E-state index in [9.17, 15) is 9.90 Å². The number of hydrogen-bond acceptors (Lipinski definition) is 3. The molecule has 0 amide bonds. The lowest BCUT2D eigenvalue weighted by Crippen LogP contribution is -1.98. The van der Waals surface area contributed by atoms with Crippen LogP contribution < -0.4 is 5.32 Å². The average Bonchev–Trinajstić information content (AvgIpc) is 2.61. The molecule has 1 atom stereocenters. The van der Waals surface area contributed by atoms with Gasteiger partial charge >= 0.3 is 0 Å². The molecule has 0 unspecified atom stereocenters. The van der Waals surface area contributed by atoms with Gasteiger partial charge in [0, 0.05) is 23.5 Å². The highest BCUT2D eigenvalue weighted by molar-refractivity contribution is 6.13. The maximum Gasteiger partial charge on any atom is 0.187 e. The van der Waals surface area contributed by atoms with Crippen molar-refractivity contribution in [3.63, 3.8) is 0 Å². The normalized spacial score (nSPS) is 12.4. The maximum atomic E-state index is 12.5. The van der Waals surface area contributed by atoms with Gasteiger partial charge in [0.15, 0.2) is 5.78 Å². The number of ketones is 1. The maximum absolute atomic E-state index is 12.5. The first-order valence-corrected chi connectivity index (χ1v) is 7.88. The lowest BCUT2D eigenvalue weighted by atomic mass is 10.0. The number of anilines is 1. The van der Waals surface area contributed by atoms with Crippen LogP contribution in [0.5, 0.6) is 0 Å². The van der Waals surface area contributed by atoms with Crippen LogP contribution in [0.25, 0.3) is 10.8 Å². The van der Waals surface area contributed by atoms with Gasteiger partial charge in [0.1, 0.15) is 0 Å². The van der Waals surface area contributed by atoms with E-state index in [2.05, 4.69) is 5.32 Å². The van der Waals surface area contributed by atoms with Crippen molar-refractivity contribution in [3.8, 4) is 0 Å². The molecule has 0 aliphatic rings. The Morgan fingerprint density at radius 1 is 1.04 bits per heavy atom. The van der Waals surface area contributed by atoms with Crippen LogP contribution >= 0.6 is 0 Å². The highest BCUT2D eigenvalue weighted by atomic mass is 16.3. The summed E-state index contributed by atoms with van der Waals surface area (Å²) in [5, 5.41) is 14.7. The molecule has 0 aliphatic carbocycles. The van der Waals surface area contributed by atoms with Crippen molar-refractivity contribution in [1.29, 1.82) is 0 Å². The van der Waals surface area contributed by atoms with Crippen molar-refractivity contribution in [1.82, 2.24) is 0 Å². The minimum atomic E-state index is -0.520. The third-order valence-electron chi connectivity index (χ3n) is 3.91. The topological polar surface area (TPSA) is 49.3 Å². The van der Waals surface area contributed by atoms with Gasteiger partial charge in [0.25, 0.3) is 0 Å². The molecule has 3 aromatic rings. The summed E-state index contributed by atoms with van der Waals surface area (Å²) in [5.41, 5.74) is 2.34. The smallest absolute Gasteiger partial charge is 0.187 e. The van der Waals surface area contributed by atoms with Gasteiger partial charge in [0.2, 0.25) is 0 Å². The Hall–Kier alpha value is -2.91. The second-order valence-corrected chi connectivity index (χ2v) is 5.67. The second-order valence-electron chi connectivity index (χ2n) is 5.67. The van der Waals surface area contributed by atoms with E-state index in [1.54, 1.807) is 13.1 Å². The van der Waals surface area contributed by atoms with E-state index in [1.165, 1.54) is 6.08 Å². The van der Waals surface area contributed by atoms with Gasteiger partial charge in [-0.2, -0.15) is 0 Å². The standard InChI is InChI=1S/C21H19NO2/c1-15(23)17-8-4-9-18(14-17)22-13-12-21(24)20-11-5-7-16-6-2-3-10-19(16)20/h2-15,22-23H,1H3/b13-12+/t15-/m1/s1. The number of aliphatic hydroxyl groups is 1. The number of carbonyl (C=O) groups is 1. The van der Waals surface area contributed by atoms with Crippen molar-refractivity contribution in [2.75, 3.05) is 5.32 Å². The number of allylic oxidation sites excluding steroid dienone is 1. The molecule has 3 aromatic carbocycles. The Labute approximate surface area is 141 Å². The van der Waals surface area contributed by atoms with Gasteiger partial charge in [-0.25, -0.2) is 0 Å². The van der Waals surface area contributed by atoms with E-state index in [4.69, 9.17) is 0 Å². The van der Waals surface area contributed by atoms with E-state index in [-0.39, 0.29) is 5.78 Å². The quantitative estimate of drug-likeness (QED) is 0.529. The molecule has 3 rings (SSSR count). The summed E-state index contributed by atoms with van der Waals surface area (Å²) in [6.07, 6.45) is 2.63. The van der Waals surface area contributed by atoms with Crippen molar-refractivity contribution >= 4 is 22.2 Å². The molecular formula is C21H19NO2. The van der Waals surface area contributed by atoms with Crippen LogP contribution in [-0.2, 0) is 0 Å². The number of rotatable bonds is 5. The first-order valence-electron chi connectivity index (χ1n) is 7.88. The molecule has 0 spiro atoms. The van der Waals surface area contributed by atoms with Crippen LogP contribution in [0.15, 0.2) is 79.0 Å². The van der Waals surface area contributed by atoms with Gasteiger partial charge < -0.3 is 10.4 Å². The molecule has 0 radical (unpaired) electrons. The predicted octanol–water partition coefficient (Wildman–Crippen LogP) is 4.70. The molecule has 0 heterocycles. The summed E-state index contributed by atoms with van der Waals surface area (Å²) in [4.78, 5) is 12.5. The summed E-state index contributed by atoms with van der Waals surface area (Å²) < 4.78 is 0. The number of hydrogen-bond donors (Lipinski definition) is 2. The number of aliphatic hydroxyl groups excluding tert-OH is 1. The van der Waals surface area contributed by atoms with Crippen molar-refractivity contribution in [2.24, 2.45) is 0 Å². The fourth-order valence-electron chi connectivity index (χ4n) is 2.63. The highest BCUT2D eigenvalue weighted by Gasteiger charge is 2.06. The van der Waals surface area contributed by atoms with Crippen LogP contribution in [0.1, 0.15) is 28.9 Å². The molecule has 0 aromatic heterocycles. The summed E-state index contributed by atoms with van der Waals surface area (Å²) >= 11 is 0. The van der Waals surface area contributed by atoms with Gasteiger partial charge in [-0.15, -0.1) is 0 Å². The first kappa shape index (κ1) is 16.0. The zero-order valence-electron chi connectivity index (χ0n) is 13.4. The largest absolute Gasteiger partial charge is 0.389 e. The Bertz CT molecular complexity index is 892. The van der Waals surface area contributed by atoms with E-state index >= 15 is 0 Å². The molecule has 0 saturated heterocycles. The monoisotopic (exact) mass is 317 g/mol. The lowest BCUT2D eigenvalue weighted by molar-refractivity contribution is 0.104. The molecule has 24 heavy (non-hydrogen) atoms. The van der Waals surface area contributed by atoms with Gasteiger partial charge in [0.05, 0.1) is 6.10 Å². The van der Waals surface area contributed by atoms with Crippen LogP contribution in [0.3, 0.4) is 0 Å². The summed E-state index contributed by atoms with van der Waals surface area (Å²) in [5.74, 6) is -0.0500. The minimum absolute atomic E-state index is 0.0500. The molecule has 3 nitrogen and oxygen atoms in total. The molecule has 0 bridgehead atoms. The van der Waals surface area contributed by atoms with Crippen LogP contribution in [-0.4, -0.2) is 10.9 Å². The second kappa shape index (κ2) is 7.11. The lowest BCUT2D eigenvalue weighted by Gasteiger charge is -2.07. The van der Waals surface area contributed by atoms with Crippen LogP contribution in [0.2, 0.25) is 0 Å². The van der Waals surface area contributed by atoms with E-state index < -0.39 is 6.10 Å². The third-order valence-corrected chi connectivity index (χ3v) is 3.91. The summed E-state index contributed by atoms with van der Waals surface area (Å²) in [6.45, 7) is 1.72. The zero-order chi connectivity index (χ0) is 16.9. The summed E-state index contributed by atoms with van der Waals surface area (Å²) in [6, 6.07) is 21.0. The molecule has 120 valence electrons. The van der Waals surface area contributed by atoms with E-state index in [0.717, 1.165) is 22.0 Å². The van der Waals surface area contributed by atoms with Crippen molar-refractivity contribution < 1.29 is 9.90 Å². The molecule has 0 fully saturated rings. The zero-order valence-corrected chi connectivity index (χ0v) is 13.4. The molecular weight excluding hydrogens is 298 g/mol. The minimum Gasteiger partial charge on any atom is -0.389 e. The Kier molecular flexibility index (Phi) is 4.73. The van der Waals surface area contributed by atoms with E-state index in [1.807, 2.05) is 66.7 Å². The Balaban J connectivity index is 1.77. The number of carbonyl (C=O) groups excluding carboxylic acids is 1. The van der Waals surface area contributed by atoms with E-state index in [0.29, 0.717) is 5.56 Å². The first-order chi connectivity index (χ1) is 11.6.